The molecule has 2 N–H and O–H groups in total. The molecule has 0 aliphatic heterocycles. The maximum atomic E-state index is 12.1. The van der Waals surface area contributed by atoms with E-state index in [4.69, 9.17) is 0 Å². The highest BCUT2D eigenvalue weighted by Gasteiger charge is 2.21. The van der Waals surface area contributed by atoms with E-state index in [1.165, 1.54) is 18.2 Å². The van der Waals surface area contributed by atoms with Crippen LogP contribution in [0.25, 0.3) is 0 Å². The molecule has 0 aliphatic carbocycles. The standard InChI is InChI=1S/C17H22N2O5/c1-2-3-4-5-6-7-11-15(17(21)22)18-16(20)13-9-8-10-14(12-13)19(23)24/h2,8-10,12,15H,1,3-7,11H2,(H,18,20)(H,21,22)/t15-/m0/s1. The second kappa shape index (κ2) is 10.1. The molecule has 0 aromatic heterocycles. The number of carboxylic acid groups (broad SMARTS) is 1. The van der Waals surface area contributed by atoms with Crippen LogP contribution in [0.2, 0.25) is 0 Å². The number of allylic oxidation sites excluding steroid dienone is 1. The van der Waals surface area contributed by atoms with E-state index in [2.05, 4.69) is 11.9 Å². The van der Waals surface area contributed by atoms with Crippen LogP contribution in [0, 0.1) is 10.1 Å². The van der Waals surface area contributed by atoms with Gasteiger partial charge in [0.25, 0.3) is 11.6 Å². The topological polar surface area (TPSA) is 110 Å². The van der Waals surface area contributed by atoms with Crippen molar-refractivity contribution in [2.75, 3.05) is 0 Å². The first kappa shape index (κ1) is 19.3. The molecule has 0 unspecified atom stereocenters. The van der Waals surface area contributed by atoms with Gasteiger partial charge in [-0.05, 0) is 25.3 Å². The molecule has 7 heteroatoms. The lowest BCUT2D eigenvalue weighted by molar-refractivity contribution is -0.384. The Kier molecular flexibility index (Phi) is 8.18. The second-order valence-corrected chi connectivity index (χ2v) is 5.45. The van der Waals surface area contributed by atoms with Gasteiger partial charge in [-0.1, -0.05) is 31.4 Å². The zero-order valence-electron chi connectivity index (χ0n) is 13.4. The summed E-state index contributed by atoms with van der Waals surface area (Å²) in [6.07, 6.45) is 6.67. The molecule has 1 aromatic rings. The molecule has 1 rings (SSSR count). The normalized spacial score (nSPS) is 11.5. The van der Waals surface area contributed by atoms with Gasteiger partial charge in [0, 0.05) is 17.7 Å². The molecule has 0 heterocycles. The number of benzene rings is 1. The van der Waals surface area contributed by atoms with Crippen LogP contribution in [0.4, 0.5) is 5.69 Å². The van der Waals surface area contributed by atoms with Gasteiger partial charge in [-0.3, -0.25) is 14.9 Å². The van der Waals surface area contributed by atoms with Gasteiger partial charge in [-0.15, -0.1) is 6.58 Å². The lowest BCUT2D eigenvalue weighted by atomic mass is 10.1. The first-order chi connectivity index (χ1) is 11.5. The molecule has 0 spiro atoms. The van der Waals surface area contributed by atoms with Gasteiger partial charge >= 0.3 is 5.97 Å². The van der Waals surface area contributed by atoms with E-state index in [9.17, 15) is 24.8 Å². The zero-order chi connectivity index (χ0) is 17.9. The lowest BCUT2D eigenvalue weighted by Crippen LogP contribution is -2.40. The number of unbranched alkanes of at least 4 members (excludes halogenated alkanes) is 4. The highest BCUT2D eigenvalue weighted by Crippen LogP contribution is 2.14. The van der Waals surface area contributed by atoms with Crippen molar-refractivity contribution in [1.29, 1.82) is 0 Å². The minimum Gasteiger partial charge on any atom is -0.480 e. The fraction of sp³-hybridized carbons (Fsp3) is 0.412. The summed E-state index contributed by atoms with van der Waals surface area (Å²) in [7, 11) is 0. The molecule has 24 heavy (non-hydrogen) atoms. The molecule has 0 bridgehead atoms. The van der Waals surface area contributed by atoms with Crippen molar-refractivity contribution in [3.8, 4) is 0 Å². The van der Waals surface area contributed by atoms with Gasteiger partial charge in [0.2, 0.25) is 0 Å². The van der Waals surface area contributed by atoms with Gasteiger partial charge in [0.15, 0.2) is 0 Å². The molecular weight excluding hydrogens is 312 g/mol. The van der Waals surface area contributed by atoms with Gasteiger partial charge < -0.3 is 10.4 Å². The van der Waals surface area contributed by atoms with E-state index in [-0.39, 0.29) is 11.3 Å². The number of hydrogen-bond donors (Lipinski definition) is 2. The highest BCUT2D eigenvalue weighted by molar-refractivity contribution is 5.97. The van der Waals surface area contributed by atoms with Crippen LogP contribution in [0.3, 0.4) is 0 Å². The van der Waals surface area contributed by atoms with Crippen molar-refractivity contribution >= 4 is 17.6 Å². The van der Waals surface area contributed by atoms with Crippen molar-refractivity contribution in [2.24, 2.45) is 0 Å². The van der Waals surface area contributed by atoms with Crippen molar-refractivity contribution in [2.45, 2.75) is 44.6 Å². The number of carbonyl (C=O) groups excluding carboxylic acids is 1. The molecule has 0 radical (unpaired) electrons. The average molecular weight is 334 g/mol. The quantitative estimate of drug-likeness (QED) is 0.279. The molecule has 130 valence electrons. The highest BCUT2D eigenvalue weighted by atomic mass is 16.6. The van der Waals surface area contributed by atoms with Gasteiger partial charge in [0.1, 0.15) is 6.04 Å². The molecule has 1 atom stereocenters. The fourth-order valence-electron chi connectivity index (χ4n) is 2.25. The summed E-state index contributed by atoms with van der Waals surface area (Å²) in [5.74, 6) is -1.74. The number of carbonyl (C=O) groups is 2. The Labute approximate surface area is 140 Å². The van der Waals surface area contributed by atoms with Crippen LogP contribution in [0.5, 0.6) is 0 Å². The van der Waals surface area contributed by atoms with E-state index in [1.54, 1.807) is 0 Å². The van der Waals surface area contributed by atoms with Crippen LogP contribution in [-0.4, -0.2) is 27.9 Å². The number of nitrogens with zero attached hydrogens (tertiary/aromatic N) is 1. The number of rotatable bonds is 11. The Morgan fingerprint density at radius 2 is 2.00 bits per heavy atom. The van der Waals surface area contributed by atoms with Crippen LogP contribution in [0.1, 0.15) is 48.9 Å². The third kappa shape index (κ3) is 6.60. The summed E-state index contributed by atoms with van der Waals surface area (Å²) in [4.78, 5) is 33.5. The molecule has 0 saturated heterocycles. The van der Waals surface area contributed by atoms with Gasteiger partial charge in [-0.2, -0.15) is 0 Å². The molecule has 0 fully saturated rings. The van der Waals surface area contributed by atoms with E-state index in [0.717, 1.165) is 31.7 Å². The largest absolute Gasteiger partial charge is 0.480 e. The molecule has 1 amide bonds. The van der Waals surface area contributed by atoms with Crippen molar-refractivity contribution in [1.82, 2.24) is 5.32 Å². The minimum absolute atomic E-state index is 0.0708. The third-order valence-corrected chi connectivity index (χ3v) is 3.57. The van der Waals surface area contributed by atoms with Crippen LogP contribution in [-0.2, 0) is 4.79 Å². The van der Waals surface area contributed by atoms with Gasteiger partial charge in [0.05, 0.1) is 4.92 Å². The van der Waals surface area contributed by atoms with Crippen molar-refractivity contribution in [3.05, 3.63) is 52.6 Å². The summed E-state index contributed by atoms with van der Waals surface area (Å²) in [5, 5.41) is 22.4. The van der Waals surface area contributed by atoms with Crippen LogP contribution >= 0.6 is 0 Å². The summed E-state index contributed by atoms with van der Waals surface area (Å²) in [6, 6.07) is 4.20. The Morgan fingerprint density at radius 1 is 1.29 bits per heavy atom. The minimum atomic E-state index is -1.11. The Bertz CT molecular complexity index is 600. The van der Waals surface area contributed by atoms with Crippen LogP contribution in [0.15, 0.2) is 36.9 Å². The number of carboxylic acids is 1. The van der Waals surface area contributed by atoms with E-state index in [1.807, 2.05) is 6.08 Å². The summed E-state index contributed by atoms with van der Waals surface area (Å²) in [5.41, 5.74) is -0.141. The van der Waals surface area contributed by atoms with E-state index < -0.39 is 22.8 Å². The van der Waals surface area contributed by atoms with Gasteiger partial charge in [-0.25, -0.2) is 4.79 Å². The number of hydrogen-bond acceptors (Lipinski definition) is 4. The Hall–Kier alpha value is -2.70. The number of non-ortho nitro benzene ring substituents is 1. The number of amides is 1. The molecule has 7 nitrogen and oxygen atoms in total. The number of aliphatic carboxylic acids is 1. The molecule has 0 saturated carbocycles. The number of nitro groups is 1. The number of nitrogens with one attached hydrogen (secondary N) is 1. The average Bonchev–Trinajstić information content (AvgIpc) is 2.56. The summed E-state index contributed by atoms with van der Waals surface area (Å²) >= 11 is 0. The second-order valence-electron chi connectivity index (χ2n) is 5.45. The maximum Gasteiger partial charge on any atom is 0.326 e. The van der Waals surface area contributed by atoms with Crippen LogP contribution < -0.4 is 5.32 Å². The fourth-order valence-corrected chi connectivity index (χ4v) is 2.25. The lowest BCUT2D eigenvalue weighted by Gasteiger charge is -2.14. The van der Waals surface area contributed by atoms with Crippen molar-refractivity contribution in [3.63, 3.8) is 0 Å². The molecule has 0 aliphatic rings. The maximum absolute atomic E-state index is 12.1. The third-order valence-electron chi connectivity index (χ3n) is 3.57. The monoisotopic (exact) mass is 334 g/mol. The molecule has 1 aromatic carbocycles. The van der Waals surface area contributed by atoms with Crippen molar-refractivity contribution < 1.29 is 19.6 Å². The Balaban J connectivity index is 2.56. The number of nitro benzene ring substituents is 1. The smallest absolute Gasteiger partial charge is 0.326 e. The van der Waals surface area contributed by atoms with E-state index >= 15 is 0 Å². The zero-order valence-corrected chi connectivity index (χ0v) is 13.4. The first-order valence-corrected chi connectivity index (χ1v) is 7.84. The SMILES string of the molecule is C=CCCCCCC[C@H](NC(=O)c1cccc([N+](=O)[O-])c1)C(=O)O. The summed E-state index contributed by atoms with van der Waals surface area (Å²) in [6.45, 7) is 3.64. The predicted molar refractivity (Wildman–Crippen MR) is 89.9 cm³/mol. The predicted octanol–water partition coefficient (Wildman–Crippen LogP) is 3.30. The molecular formula is C17H22N2O5. The van der Waals surface area contributed by atoms with E-state index in [0.29, 0.717) is 12.8 Å². The first-order valence-electron chi connectivity index (χ1n) is 7.84. The summed E-state index contributed by atoms with van der Waals surface area (Å²) < 4.78 is 0. The Morgan fingerprint density at radius 3 is 2.62 bits per heavy atom.